The summed E-state index contributed by atoms with van der Waals surface area (Å²) in [6, 6.07) is 11.5. The van der Waals surface area contributed by atoms with Gasteiger partial charge in [0.15, 0.2) is 0 Å². The molecule has 0 saturated heterocycles. The molecule has 7 heteroatoms. The van der Waals surface area contributed by atoms with E-state index in [1.807, 2.05) is 34.1 Å². The first-order valence-electron chi connectivity index (χ1n) is 11.4. The third kappa shape index (κ3) is 3.66. The molecule has 2 fully saturated rings. The van der Waals surface area contributed by atoms with Crippen LogP contribution in [0.5, 0.6) is 0 Å². The number of carboxylic acid groups (broad SMARTS) is 1. The van der Waals surface area contributed by atoms with Crippen LogP contribution in [0.4, 0.5) is 5.69 Å². The topological polar surface area (TPSA) is 90.8 Å². The Morgan fingerprint density at radius 1 is 1.03 bits per heavy atom. The predicted molar refractivity (Wildman–Crippen MR) is 118 cm³/mol. The highest BCUT2D eigenvalue weighted by Crippen LogP contribution is 2.52. The van der Waals surface area contributed by atoms with Crippen LogP contribution in [0, 0.1) is 5.92 Å². The summed E-state index contributed by atoms with van der Waals surface area (Å²) in [6.45, 7) is 0. The quantitative estimate of drug-likeness (QED) is 0.748. The summed E-state index contributed by atoms with van der Waals surface area (Å²) in [4.78, 5) is 45.9. The standard InChI is InChI=1S/C25H27N3O4/c29-22(12-13-23(30)31)27(17-10-11-17)24-18-6-1-2-8-20(18)28(21-9-3-7-19(21)24)25(32)16-5-4-14-26-15-16/h1-2,4-6,8,14-15,17,19,21,24H,3,7,9-13H2,(H,30,31)/t19-,21+,24-/m0/s1. The van der Waals surface area contributed by atoms with E-state index in [9.17, 15) is 14.4 Å². The van der Waals surface area contributed by atoms with Crippen molar-refractivity contribution in [2.24, 2.45) is 5.92 Å². The van der Waals surface area contributed by atoms with Gasteiger partial charge in [-0.3, -0.25) is 19.4 Å². The number of hydrogen-bond donors (Lipinski definition) is 1. The molecule has 2 heterocycles. The summed E-state index contributed by atoms with van der Waals surface area (Å²) in [6.07, 6.45) is 7.85. The second kappa shape index (κ2) is 8.37. The van der Waals surface area contributed by atoms with Crippen LogP contribution in [-0.4, -0.2) is 44.9 Å². The number of aromatic nitrogens is 1. The predicted octanol–water partition coefficient (Wildman–Crippen LogP) is 3.81. The van der Waals surface area contributed by atoms with Crippen LogP contribution < -0.4 is 4.90 Å². The van der Waals surface area contributed by atoms with Crippen LogP contribution in [0.25, 0.3) is 0 Å². The lowest BCUT2D eigenvalue weighted by Crippen LogP contribution is -2.53. The largest absolute Gasteiger partial charge is 0.481 e. The van der Waals surface area contributed by atoms with Gasteiger partial charge in [0.05, 0.1) is 18.0 Å². The normalized spacial score (nSPS) is 23.9. The molecule has 166 valence electrons. The van der Waals surface area contributed by atoms with E-state index in [0.717, 1.165) is 43.4 Å². The van der Waals surface area contributed by atoms with Gasteiger partial charge in [-0.15, -0.1) is 0 Å². The first kappa shape index (κ1) is 20.7. The van der Waals surface area contributed by atoms with Gasteiger partial charge in [-0.2, -0.15) is 0 Å². The zero-order chi connectivity index (χ0) is 22.2. The molecule has 5 rings (SSSR count). The number of anilines is 1. The minimum Gasteiger partial charge on any atom is -0.481 e. The number of rotatable bonds is 6. The molecule has 0 bridgehead atoms. The van der Waals surface area contributed by atoms with Gasteiger partial charge >= 0.3 is 5.97 Å². The van der Waals surface area contributed by atoms with E-state index in [0.29, 0.717) is 5.56 Å². The number of amides is 2. The van der Waals surface area contributed by atoms with Crippen molar-refractivity contribution in [1.82, 2.24) is 9.88 Å². The fourth-order valence-corrected chi connectivity index (χ4v) is 5.55. The maximum Gasteiger partial charge on any atom is 0.303 e. The van der Waals surface area contributed by atoms with Gasteiger partial charge in [0.1, 0.15) is 0 Å². The van der Waals surface area contributed by atoms with E-state index in [1.165, 1.54) is 0 Å². The molecule has 1 aliphatic heterocycles. The number of aliphatic carboxylic acids is 1. The molecule has 7 nitrogen and oxygen atoms in total. The van der Waals surface area contributed by atoms with E-state index in [4.69, 9.17) is 5.11 Å². The summed E-state index contributed by atoms with van der Waals surface area (Å²) in [5.41, 5.74) is 2.40. The molecule has 1 N–H and O–H groups in total. The van der Waals surface area contributed by atoms with Crippen molar-refractivity contribution in [2.45, 2.75) is 63.1 Å². The molecule has 2 aromatic rings. The zero-order valence-electron chi connectivity index (χ0n) is 17.9. The molecule has 0 radical (unpaired) electrons. The lowest BCUT2D eigenvalue weighted by atomic mass is 9.81. The Morgan fingerprint density at radius 2 is 1.84 bits per heavy atom. The molecule has 3 atom stereocenters. The molecule has 2 saturated carbocycles. The molecule has 2 amide bonds. The molecular formula is C25H27N3O4. The molecular weight excluding hydrogens is 406 g/mol. The first-order chi connectivity index (χ1) is 15.6. The summed E-state index contributed by atoms with van der Waals surface area (Å²) in [5, 5.41) is 9.10. The minimum absolute atomic E-state index is 0.0103. The summed E-state index contributed by atoms with van der Waals surface area (Å²) < 4.78 is 0. The Balaban J connectivity index is 1.56. The number of fused-ring (bicyclic) bond motifs is 2. The number of pyridine rings is 1. The van der Waals surface area contributed by atoms with Crippen molar-refractivity contribution in [3.05, 3.63) is 59.9 Å². The molecule has 1 aromatic heterocycles. The number of para-hydroxylation sites is 1. The number of carboxylic acids is 1. The van der Waals surface area contributed by atoms with Crippen LogP contribution in [0.2, 0.25) is 0 Å². The maximum absolute atomic E-state index is 13.6. The Kier molecular flexibility index (Phi) is 5.41. The highest BCUT2D eigenvalue weighted by atomic mass is 16.4. The molecule has 0 unspecified atom stereocenters. The van der Waals surface area contributed by atoms with Crippen molar-refractivity contribution in [3.63, 3.8) is 0 Å². The Hall–Kier alpha value is -3.22. The van der Waals surface area contributed by atoms with Gasteiger partial charge in [-0.1, -0.05) is 24.6 Å². The second-order valence-corrected chi connectivity index (χ2v) is 9.01. The molecule has 3 aliphatic rings. The number of carbonyl (C=O) groups is 3. The van der Waals surface area contributed by atoms with Crippen molar-refractivity contribution < 1.29 is 19.5 Å². The Bertz CT molecular complexity index is 1040. The van der Waals surface area contributed by atoms with E-state index >= 15 is 0 Å². The lowest BCUT2D eigenvalue weighted by Gasteiger charge is -2.47. The van der Waals surface area contributed by atoms with Crippen molar-refractivity contribution in [3.8, 4) is 0 Å². The van der Waals surface area contributed by atoms with Gasteiger partial charge in [-0.25, -0.2) is 0 Å². The highest BCUT2D eigenvalue weighted by molar-refractivity contribution is 6.07. The third-order valence-electron chi connectivity index (χ3n) is 6.99. The average Bonchev–Trinajstić information content (AvgIpc) is 3.53. The minimum atomic E-state index is -0.954. The SMILES string of the molecule is O=C(O)CCC(=O)N(C1CC1)[C@H]1c2ccccc2N(C(=O)c2cccnc2)[C@@H]2CCC[C@@H]21. The first-order valence-corrected chi connectivity index (χ1v) is 11.4. The third-order valence-corrected chi connectivity index (χ3v) is 6.99. The average molecular weight is 434 g/mol. The van der Waals surface area contributed by atoms with Crippen molar-refractivity contribution in [2.75, 3.05) is 4.90 Å². The molecule has 32 heavy (non-hydrogen) atoms. The smallest absolute Gasteiger partial charge is 0.303 e. The zero-order valence-corrected chi connectivity index (χ0v) is 17.9. The summed E-state index contributed by atoms with van der Waals surface area (Å²) in [5.74, 6) is -0.964. The number of nitrogens with zero attached hydrogens (tertiary/aromatic N) is 3. The van der Waals surface area contributed by atoms with Gasteiger partial charge in [0.25, 0.3) is 5.91 Å². The van der Waals surface area contributed by atoms with Gasteiger partial charge in [0.2, 0.25) is 5.91 Å². The van der Waals surface area contributed by atoms with E-state index in [-0.39, 0.29) is 48.7 Å². The van der Waals surface area contributed by atoms with E-state index in [1.54, 1.807) is 24.5 Å². The highest BCUT2D eigenvalue weighted by Gasteiger charge is 2.51. The van der Waals surface area contributed by atoms with Gasteiger partial charge in [-0.05, 0) is 49.4 Å². The van der Waals surface area contributed by atoms with Crippen LogP contribution in [-0.2, 0) is 9.59 Å². The van der Waals surface area contributed by atoms with Crippen LogP contribution in [0.15, 0.2) is 48.8 Å². The molecule has 1 aromatic carbocycles. The van der Waals surface area contributed by atoms with Crippen LogP contribution in [0.3, 0.4) is 0 Å². The van der Waals surface area contributed by atoms with Crippen molar-refractivity contribution in [1.29, 1.82) is 0 Å². The number of carbonyl (C=O) groups excluding carboxylic acids is 2. The van der Waals surface area contributed by atoms with Crippen LogP contribution in [0.1, 0.15) is 66.9 Å². The fraction of sp³-hybridized carbons (Fsp3) is 0.440. The van der Waals surface area contributed by atoms with Gasteiger partial charge in [0, 0.05) is 42.5 Å². The Morgan fingerprint density at radius 3 is 2.56 bits per heavy atom. The number of benzene rings is 1. The van der Waals surface area contributed by atoms with Crippen LogP contribution >= 0.6 is 0 Å². The fourth-order valence-electron chi connectivity index (χ4n) is 5.55. The lowest BCUT2D eigenvalue weighted by molar-refractivity contribution is -0.142. The maximum atomic E-state index is 13.6. The molecule has 0 spiro atoms. The van der Waals surface area contributed by atoms with Gasteiger partial charge < -0.3 is 14.9 Å². The monoisotopic (exact) mass is 433 g/mol. The summed E-state index contributed by atoms with van der Waals surface area (Å²) >= 11 is 0. The number of hydrogen-bond acceptors (Lipinski definition) is 4. The Labute approximate surface area is 187 Å². The molecule has 2 aliphatic carbocycles. The van der Waals surface area contributed by atoms with E-state index in [2.05, 4.69) is 4.98 Å². The van der Waals surface area contributed by atoms with E-state index < -0.39 is 5.97 Å². The van der Waals surface area contributed by atoms with Crippen molar-refractivity contribution >= 4 is 23.5 Å². The second-order valence-electron chi connectivity index (χ2n) is 9.01. The summed E-state index contributed by atoms with van der Waals surface area (Å²) in [7, 11) is 0.